The highest BCUT2D eigenvalue weighted by Crippen LogP contribution is 2.25. The van der Waals surface area contributed by atoms with Crippen molar-refractivity contribution in [3.63, 3.8) is 0 Å². The number of carbonyl (C=O) groups is 1. The summed E-state index contributed by atoms with van der Waals surface area (Å²) in [5.74, 6) is -0.380. The molecule has 2 aromatic rings. The number of hydrogen-bond donors (Lipinski definition) is 1. The van der Waals surface area contributed by atoms with Gasteiger partial charge in [0, 0.05) is 4.88 Å². The molecule has 0 saturated carbocycles. The Labute approximate surface area is 114 Å². The van der Waals surface area contributed by atoms with Gasteiger partial charge in [-0.05, 0) is 26.3 Å². The highest BCUT2D eigenvalue weighted by Gasteiger charge is 2.13. The number of aryl methyl sites for hydroxylation is 2. The van der Waals surface area contributed by atoms with Crippen molar-refractivity contribution >= 4 is 27.5 Å². The molecule has 6 nitrogen and oxygen atoms in total. The lowest BCUT2D eigenvalue weighted by molar-refractivity contribution is -0.133. The summed E-state index contributed by atoms with van der Waals surface area (Å²) < 4.78 is 1.29. The van der Waals surface area contributed by atoms with Crippen molar-refractivity contribution in [2.45, 2.75) is 27.3 Å². The molecular weight excluding hydrogens is 266 g/mol. The van der Waals surface area contributed by atoms with E-state index in [0.29, 0.717) is 16.8 Å². The lowest BCUT2D eigenvalue weighted by Crippen LogP contribution is -2.32. The molecule has 0 saturated heterocycles. The van der Waals surface area contributed by atoms with Crippen LogP contribution in [0.3, 0.4) is 0 Å². The summed E-state index contributed by atoms with van der Waals surface area (Å²) in [7, 11) is 0. The van der Waals surface area contributed by atoms with E-state index in [1.807, 2.05) is 13.8 Å². The summed E-state index contributed by atoms with van der Waals surface area (Å²) >= 11 is 1.48. The van der Waals surface area contributed by atoms with Gasteiger partial charge in [0.25, 0.3) is 11.5 Å². The van der Waals surface area contributed by atoms with E-state index in [9.17, 15) is 9.59 Å². The van der Waals surface area contributed by atoms with Gasteiger partial charge in [-0.3, -0.25) is 19.0 Å². The molecule has 2 heterocycles. The van der Waals surface area contributed by atoms with E-state index >= 15 is 0 Å². The lowest BCUT2D eigenvalue weighted by Gasteiger charge is -2.06. The van der Waals surface area contributed by atoms with Crippen molar-refractivity contribution < 1.29 is 9.63 Å². The van der Waals surface area contributed by atoms with Crippen molar-refractivity contribution in [1.82, 2.24) is 15.0 Å². The Hall–Kier alpha value is -1.73. The average Bonchev–Trinajstić information content (AvgIpc) is 2.67. The Morgan fingerprint density at radius 3 is 2.95 bits per heavy atom. The zero-order chi connectivity index (χ0) is 14.0. The first-order chi connectivity index (χ1) is 9.04. The molecule has 1 N–H and O–H groups in total. The first-order valence-corrected chi connectivity index (χ1v) is 6.72. The van der Waals surface area contributed by atoms with Crippen LogP contribution < -0.4 is 11.0 Å². The van der Waals surface area contributed by atoms with E-state index in [0.717, 1.165) is 10.4 Å². The lowest BCUT2D eigenvalue weighted by atomic mass is 10.2. The summed E-state index contributed by atoms with van der Waals surface area (Å²) in [5.41, 5.74) is 2.98. The standard InChI is InChI=1S/C12H15N3O3S/c1-4-18-14-9(16)5-15-6-13-11-10(12(15)17)7(2)8(3)19-11/h6H,4-5H2,1-3H3,(H,14,16). The van der Waals surface area contributed by atoms with Gasteiger partial charge in [0.2, 0.25) is 0 Å². The average molecular weight is 281 g/mol. The molecule has 0 aliphatic heterocycles. The summed E-state index contributed by atoms with van der Waals surface area (Å²) in [4.78, 5) is 34.6. The highest BCUT2D eigenvalue weighted by atomic mass is 32.1. The quantitative estimate of drug-likeness (QED) is 0.853. The number of nitrogens with one attached hydrogen (secondary N) is 1. The Morgan fingerprint density at radius 2 is 2.26 bits per heavy atom. The number of hydroxylamine groups is 1. The summed E-state index contributed by atoms with van der Waals surface area (Å²) in [6.45, 7) is 5.88. The minimum absolute atomic E-state index is 0.101. The number of hydrogen-bond acceptors (Lipinski definition) is 5. The van der Waals surface area contributed by atoms with E-state index in [4.69, 9.17) is 4.84 Å². The normalized spacial score (nSPS) is 10.9. The molecular formula is C12H15N3O3S. The zero-order valence-electron chi connectivity index (χ0n) is 11.0. The van der Waals surface area contributed by atoms with Crippen molar-refractivity contribution in [1.29, 1.82) is 0 Å². The highest BCUT2D eigenvalue weighted by molar-refractivity contribution is 7.18. The molecule has 0 atom stereocenters. The Balaban J connectivity index is 2.35. The minimum atomic E-state index is -0.380. The molecule has 0 aromatic carbocycles. The fourth-order valence-electron chi connectivity index (χ4n) is 1.72. The monoisotopic (exact) mass is 281 g/mol. The first kappa shape index (κ1) is 13.7. The van der Waals surface area contributed by atoms with Crippen molar-refractivity contribution in [2.24, 2.45) is 0 Å². The molecule has 7 heteroatoms. The van der Waals surface area contributed by atoms with Crippen LogP contribution in [0.15, 0.2) is 11.1 Å². The third kappa shape index (κ3) is 2.66. The van der Waals surface area contributed by atoms with Gasteiger partial charge in [-0.1, -0.05) is 0 Å². The maximum atomic E-state index is 12.3. The van der Waals surface area contributed by atoms with E-state index in [1.54, 1.807) is 6.92 Å². The van der Waals surface area contributed by atoms with Crippen molar-refractivity contribution in [2.75, 3.05) is 6.61 Å². The van der Waals surface area contributed by atoms with Gasteiger partial charge in [-0.2, -0.15) is 0 Å². The third-order valence-electron chi connectivity index (χ3n) is 2.80. The molecule has 19 heavy (non-hydrogen) atoms. The molecule has 2 rings (SSSR count). The van der Waals surface area contributed by atoms with E-state index < -0.39 is 0 Å². The predicted molar refractivity (Wildman–Crippen MR) is 73.1 cm³/mol. The van der Waals surface area contributed by atoms with Crippen LogP contribution >= 0.6 is 11.3 Å². The number of carbonyl (C=O) groups excluding carboxylic acids is 1. The van der Waals surface area contributed by atoms with Gasteiger partial charge in [-0.15, -0.1) is 11.3 Å². The molecule has 1 amide bonds. The van der Waals surface area contributed by atoms with Crippen LogP contribution in [0.1, 0.15) is 17.4 Å². The number of thiophene rings is 1. The van der Waals surface area contributed by atoms with Gasteiger partial charge in [0.1, 0.15) is 11.4 Å². The number of fused-ring (bicyclic) bond motifs is 1. The summed E-state index contributed by atoms with van der Waals surface area (Å²) in [6, 6.07) is 0. The van der Waals surface area contributed by atoms with E-state index in [2.05, 4.69) is 10.5 Å². The number of rotatable bonds is 4. The number of nitrogens with zero attached hydrogens (tertiary/aromatic N) is 2. The number of aromatic nitrogens is 2. The fourth-order valence-corrected chi connectivity index (χ4v) is 2.71. The maximum Gasteiger partial charge on any atom is 0.263 e. The third-order valence-corrected chi connectivity index (χ3v) is 3.92. The van der Waals surface area contributed by atoms with E-state index in [1.165, 1.54) is 22.2 Å². The molecule has 0 spiro atoms. The Morgan fingerprint density at radius 1 is 1.53 bits per heavy atom. The van der Waals surface area contributed by atoms with Crippen LogP contribution in [-0.2, 0) is 16.2 Å². The second-order valence-corrected chi connectivity index (χ2v) is 5.30. The van der Waals surface area contributed by atoms with Gasteiger partial charge in [0.05, 0.1) is 18.3 Å². The molecule has 0 fully saturated rings. The van der Waals surface area contributed by atoms with Crippen LogP contribution in [0.2, 0.25) is 0 Å². The van der Waals surface area contributed by atoms with Gasteiger partial charge in [-0.25, -0.2) is 10.5 Å². The molecule has 0 aliphatic rings. The first-order valence-electron chi connectivity index (χ1n) is 5.90. The van der Waals surface area contributed by atoms with Crippen molar-refractivity contribution in [3.05, 3.63) is 27.1 Å². The summed E-state index contributed by atoms with van der Waals surface area (Å²) in [5, 5.41) is 0.592. The smallest absolute Gasteiger partial charge is 0.263 e. The number of amides is 1. The van der Waals surface area contributed by atoms with Gasteiger partial charge in [0.15, 0.2) is 0 Å². The summed E-state index contributed by atoms with van der Waals surface area (Å²) in [6.07, 6.45) is 1.39. The second kappa shape index (κ2) is 5.50. The maximum absolute atomic E-state index is 12.3. The van der Waals surface area contributed by atoms with Gasteiger partial charge < -0.3 is 0 Å². The van der Waals surface area contributed by atoms with Crippen molar-refractivity contribution in [3.8, 4) is 0 Å². The molecule has 0 radical (unpaired) electrons. The van der Waals surface area contributed by atoms with Crippen LogP contribution in [0.4, 0.5) is 0 Å². The predicted octanol–water partition coefficient (Wildman–Crippen LogP) is 1.14. The zero-order valence-corrected chi connectivity index (χ0v) is 11.8. The Bertz CT molecular complexity index is 675. The van der Waals surface area contributed by atoms with E-state index in [-0.39, 0.29) is 18.0 Å². The van der Waals surface area contributed by atoms with Crippen LogP contribution in [0.25, 0.3) is 10.2 Å². The second-order valence-electron chi connectivity index (χ2n) is 4.10. The van der Waals surface area contributed by atoms with Crippen LogP contribution in [-0.4, -0.2) is 22.1 Å². The largest absolute Gasteiger partial charge is 0.289 e. The molecule has 0 bridgehead atoms. The minimum Gasteiger partial charge on any atom is -0.289 e. The molecule has 2 aromatic heterocycles. The molecule has 102 valence electrons. The van der Waals surface area contributed by atoms with Gasteiger partial charge >= 0.3 is 0 Å². The topological polar surface area (TPSA) is 73.2 Å². The molecule has 0 unspecified atom stereocenters. The SMILES string of the molecule is CCONC(=O)Cn1cnc2sc(C)c(C)c2c1=O. The Kier molecular flexibility index (Phi) is 3.96. The van der Waals surface area contributed by atoms with Crippen LogP contribution in [0.5, 0.6) is 0 Å². The van der Waals surface area contributed by atoms with Crippen LogP contribution in [0, 0.1) is 13.8 Å². The molecule has 0 aliphatic carbocycles. The fraction of sp³-hybridized carbons (Fsp3) is 0.417.